The molecule has 0 N–H and O–H groups in total. The van der Waals surface area contributed by atoms with Gasteiger partial charge in [0.1, 0.15) is 0 Å². The second-order valence-corrected chi connectivity index (χ2v) is 4.22. The highest BCUT2D eigenvalue weighted by Crippen LogP contribution is 2.17. The van der Waals surface area contributed by atoms with Crippen LogP contribution in [0.25, 0.3) is 0 Å². The standard InChI is InChI=1S/C11H8ClNOS/c1-7-10(6-15-13-7)11(14)8-2-4-9(12)5-3-8/h2-6H,1H3. The Balaban J connectivity index is 2.37. The van der Waals surface area contributed by atoms with Gasteiger partial charge >= 0.3 is 0 Å². The molecule has 0 radical (unpaired) electrons. The van der Waals surface area contributed by atoms with Gasteiger partial charge in [-0.25, -0.2) is 0 Å². The molecule has 0 amide bonds. The SMILES string of the molecule is Cc1nscc1C(=O)c1ccc(Cl)cc1. The van der Waals surface area contributed by atoms with Gasteiger partial charge < -0.3 is 0 Å². The van der Waals surface area contributed by atoms with Gasteiger partial charge in [0.15, 0.2) is 5.78 Å². The topological polar surface area (TPSA) is 30.0 Å². The van der Waals surface area contributed by atoms with Gasteiger partial charge in [-0.3, -0.25) is 4.79 Å². The summed E-state index contributed by atoms with van der Waals surface area (Å²) >= 11 is 7.05. The molecule has 2 rings (SSSR count). The smallest absolute Gasteiger partial charge is 0.195 e. The first kappa shape index (κ1) is 10.3. The zero-order valence-electron chi connectivity index (χ0n) is 8.03. The third kappa shape index (κ3) is 2.08. The Hall–Kier alpha value is -1.19. The van der Waals surface area contributed by atoms with Crippen LogP contribution in [0.4, 0.5) is 0 Å². The quantitative estimate of drug-likeness (QED) is 0.750. The fourth-order valence-electron chi connectivity index (χ4n) is 1.27. The molecule has 0 aliphatic rings. The predicted molar refractivity (Wildman–Crippen MR) is 61.7 cm³/mol. The van der Waals surface area contributed by atoms with Crippen molar-refractivity contribution in [3.63, 3.8) is 0 Å². The van der Waals surface area contributed by atoms with Gasteiger partial charge in [-0.15, -0.1) is 0 Å². The molecule has 0 saturated heterocycles. The fraction of sp³-hybridized carbons (Fsp3) is 0.0909. The lowest BCUT2D eigenvalue weighted by Crippen LogP contribution is -2.01. The van der Waals surface area contributed by atoms with Crippen LogP contribution in [0.3, 0.4) is 0 Å². The highest BCUT2D eigenvalue weighted by atomic mass is 35.5. The molecule has 0 atom stereocenters. The van der Waals surface area contributed by atoms with E-state index in [1.165, 1.54) is 11.5 Å². The highest BCUT2D eigenvalue weighted by Gasteiger charge is 2.12. The molecule has 1 heterocycles. The first-order chi connectivity index (χ1) is 7.18. The minimum atomic E-state index is -0.00193. The van der Waals surface area contributed by atoms with E-state index in [-0.39, 0.29) is 5.78 Å². The Morgan fingerprint density at radius 3 is 2.53 bits per heavy atom. The number of carbonyl (C=O) groups is 1. The Kier molecular flexibility index (Phi) is 2.84. The lowest BCUT2D eigenvalue weighted by atomic mass is 10.1. The summed E-state index contributed by atoms with van der Waals surface area (Å²) in [4.78, 5) is 12.0. The number of ketones is 1. The summed E-state index contributed by atoms with van der Waals surface area (Å²) in [6.45, 7) is 1.83. The lowest BCUT2D eigenvalue weighted by Gasteiger charge is -1.99. The third-order valence-corrected chi connectivity index (χ3v) is 3.07. The second kappa shape index (κ2) is 4.13. The summed E-state index contributed by atoms with van der Waals surface area (Å²) in [5, 5.41) is 2.40. The first-order valence-electron chi connectivity index (χ1n) is 4.40. The molecular weight excluding hydrogens is 230 g/mol. The van der Waals surface area contributed by atoms with Crippen LogP contribution in [0.1, 0.15) is 21.6 Å². The van der Waals surface area contributed by atoms with E-state index in [0.29, 0.717) is 16.1 Å². The molecular formula is C11H8ClNOS. The van der Waals surface area contributed by atoms with Gasteiger partial charge in [-0.1, -0.05) is 11.6 Å². The number of aryl methyl sites for hydroxylation is 1. The van der Waals surface area contributed by atoms with E-state index < -0.39 is 0 Å². The van der Waals surface area contributed by atoms with Crippen molar-refractivity contribution in [2.45, 2.75) is 6.92 Å². The normalized spacial score (nSPS) is 10.3. The molecule has 1 aromatic heterocycles. The zero-order valence-corrected chi connectivity index (χ0v) is 9.60. The van der Waals surface area contributed by atoms with E-state index in [0.717, 1.165) is 5.69 Å². The van der Waals surface area contributed by atoms with Crippen LogP contribution >= 0.6 is 23.1 Å². The number of hydrogen-bond acceptors (Lipinski definition) is 3. The summed E-state index contributed by atoms with van der Waals surface area (Å²) < 4.78 is 4.08. The number of benzene rings is 1. The average Bonchev–Trinajstić information content (AvgIpc) is 2.65. The number of halogens is 1. The van der Waals surface area contributed by atoms with Crippen molar-refractivity contribution in [2.75, 3.05) is 0 Å². The minimum Gasteiger partial charge on any atom is -0.289 e. The number of nitrogens with zero attached hydrogens (tertiary/aromatic N) is 1. The van der Waals surface area contributed by atoms with Gasteiger partial charge in [0.05, 0.1) is 11.3 Å². The van der Waals surface area contributed by atoms with Crippen LogP contribution in [-0.4, -0.2) is 10.2 Å². The Bertz CT molecular complexity index is 490. The molecule has 1 aromatic carbocycles. The summed E-state index contributed by atoms with van der Waals surface area (Å²) in [6.07, 6.45) is 0. The first-order valence-corrected chi connectivity index (χ1v) is 5.61. The van der Waals surface area contributed by atoms with Crippen LogP contribution in [-0.2, 0) is 0 Å². The van der Waals surface area contributed by atoms with E-state index in [1.807, 2.05) is 6.92 Å². The molecule has 15 heavy (non-hydrogen) atoms. The maximum Gasteiger partial charge on any atom is 0.195 e. The van der Waals surface area contributed by atoms with Gasteiger partial charge in [-0.05, 0) is 42.7 Å². The van der Waals surface area contributed by atoms with Crippen LogP contribution in [0.15, 0.2) is 29.6 Å². The van der Waals surface area contributed by atoms with Crippen molar-refractivity contribution in [1.82, 2.24) is 4.37 Å². The molecule has 0 bridgehead atoms. The van der Waals surface area contributed by atoms with Crippen molar-refractivity contribution in [2.24, 2.45) is 0 Å². The second-order valence-electron chi connectivity index (χ2n) is 3.15. The molecule has 0 spiro atoms. The van der Waals surface area contributed by atoms with Gasteiger partial charge in [0, 0.05) is 16.0 Å². The molecule has 2 nitrogen and oxygen atoms in total. The molecule has 0 aliphatic carbocycles. The molecule has 4 heteroatoms. The van der Waals surface area contributed by atoms with Crippen molar-refractivity contribution in [3.8, 4) is 0 Å². The van der Waals surface area contributed by atoms with E-state index in [9.17, 15) is 4.79 Å². The van der Waals surface area contributed by atoms with Crippen LogP contribution in [0.2, 0.25) is 5.02 Å². The summed E-state index contributed by atoms with van der Waals surface area (Å²) in [7, 11) is 0. The monoisotopic (exact) mass is 237 g/mol. The summed E-state index contributed by atoms with van der Waals surface area (Å²) in [5.74, 6) is -0.00193. The van der Waals surface area contributed by atoms with Crippen molar-refractivity contribution in [1.29, 1.82) is 0 Å². The maximum absolute atomic E-state index is 12.0. The molecule has 2 aromatic rings. The van der Waals surface area contributed by atoms with Crippen molar-refractivity contribution >= 4 is 28.9 Å². The number of aromatic nitrogens is 1. The number of carbonyl (C=O) groups excluding carboxylic acids is 1. The summed E-state index contributed by atoms with van der Waals surface area (Å²) in [6, 6.07) is 6.87. The molecule has 0 aliphatic heterocycles. The van der Waals surface area contributed by atoms with Crippen molar-refractivity contribution < 1.29 is 4.79 Å². The van der Waals surface area contributed by atoms with Gasteiger partial charge in [-0.2, -0.15) is 4.37 Å². The van der Waals surface area contributed by atoms with Crippen LogP contribution in [0.5, 0.6) is 0 Å². The van der Waals surface area contributed by atoms with E-state index in [2.05, 4.69) is 4.37 Å². The maximum atomic E-state index is 12.0. The van der Waals surface area contributed by atoms with Crippen molar-refractivity contribution in [3.05, 3.63) is 51.5 Å². The largest absolute Gasteiger partial charge is 0.289 e. The van der Waals surface area contributed by atoms with E-state index in [1.54, 1.807) is 29.6 Å². The number of hydrogen-bond donors (Lipinski definition) is 0. The third-order valence-electron chi connectivity index (χ3n) is 2.10. The van der Waals surface area contributed by atoms with Crippen LogP contribution < -0.4 is 0 Å². The Morgan fingerprint density at radius 2 is 2.00 bits per heavy atom. The average molecular weight is 238 g/mol. The van der Waals surface area contributed by atoms with E-state index >= 15 is 0 Å². The van der Waals surface area contributed by atoms with Gasteiger partial charge in [0.25, 0.3) is 0 Å². The molecule has 0 unspecified atom stereocenters. The van der Waals surface area contributed by atoms with E-state index in [4.69, 9.17) is 11.6 Å². The zero-order chi connectivity index (χ0) is 10.8. The lowest BCUT2D eigenvalue weighted by molar-refractivity contribution is 0.103. The number of rotatable bonds is 2. The Morgan fingerprint density at radius 1 is 1.33 bits per heavy atom. The minimum absolute atomic E-state index is 0.00193. The summed E-state index contributed by atoms with van der Waals surface area (Å²) in [5.41, 5.74) is 2.09. The molecule has 0 fully saturated rings. The predicted octanol–water partition coefficient (Wildman–Crippen LogP) is 3.34. The fourth-order valence-corrected chi connectivity index (χ4v) is 2.09. The Labute approximate surface area is 96.7 Å². The molecule has 0 saturated carbocycles. The molecule has 76 valence electrons. The van der Waals surface area contributed by atoms with Gasteiger partial charge in [0.2, 0.25) is 0 Å². The highest BCUT2D eigenvalue weighted by molar-refractivity contribution is 7.04. The van der Waals surface area contributed by atoms with Crippen LogP contribution in [0, 0.1) is 6.92 Å².